The number of hydrogen-bond donors (Lipinski definition) is 2. The van der Waals surface area contributed by atoms with E-state index < -0.39 is 12.0 Å². The minimum atomic E-state index is -0.842. The molecule has 0 aliphatic carbocycles. The van der Waals surface area contributed by atoms with Gasteiger partial charge in [-0.2, -0.15) is 4.37 Å². The van der Waals surface area contributed by atoms with Crippen molar-refractivity contribution >= 4 is 22.6 Å². The second kappa shape index (κ2) is 6.54. The van der Waals surface area contributed by atoms with E-state index in [2.05, 4.69) is 21.6 Å². The van der Waals surface area contributed by atoms with E-state index in [1.807, 2.05) is 13.8 Å². The molecule has 1 heterocycles. The molecule has 1 aromatic heterocycles. The largest absolute Gasteiger partial charge is 0.480 e. The molecule has 96 valence electrons. The summed E-state index contributed by atoms with van der Waals surface area (Å²) in [5, 5.41) is 12.6. The van der Waals surface area contributed by atoms with Gasteiger partial charge in [-0.25, -0.2) is 9.78 Å². The van der Waals surface area contributed by atoms with Crippen molar-refractivity contribution < 1.29 is 9.90 Å². The quantitative estimate of drug-likeness (QED) is 0.784. The molecule has 0 fully saturated rings. The Kier molecular flexibility index (Phi) is 5.34. The van der Waals surface area contributed by atoms with Crippen molar-refractivity contribution in [2.24, 2.45) is 5.92 Å². The first-order valence-electron chi connectivity index (χ1n) is 5.84. The molecule has 0 radical (unpaired) electrons. The average Bonchev–Trinajstić information content (AvgIpc) is 2.64. The van der Waals surface area contributed by atoms with Gasteiger partial charge in [0.15, 0.2) is 0 Å². The number of nitrogens with one attached hydrogen (secondary N) is 1. The summed E-state index contributed by atoms with van der Waals surface area (Å²) < 4.78 is 4.17. The number of carboxylic acid groups (broad SMARTS) is 1. The highest BCUT2D eigenvalue weighted by atomic mass is 32.1. The molecule has 0 aromatic carbocycles. The monoisotopic (exact) mass is 257 g/mol. The fourth-order valence-corrected chi connectivity index (χ4v) is 2.14. The Balaban J connectivity index is 2.62. The molecule has 0 amide bonds. The van der Waals surface area contributed by atoms with Crippen molar-refractivity contribution in [1.82, 2.24) is 9.36 Å². The second-order valence-electron chi connectivity index (χ2n) is 4.43. The fraction of sp³-hybridized carbons (Fsp3) is 0.727. The van der Waals surface area contributed by atoms with Crippen LogP contribution in [0.25, 0.3) is 0 Å². The summed E-state index contributed by atoms with van der Waals surface area (Å²) in [5.41, 5.74) is 0. The molecule has 0 saturated carbocycles. The van der Waals surface area contributed by atoms with Crippen molar-refractivity contribution in [3.8, 4) is 0 Å². The number of carbonyl (C=O) groups is 1. The van der Waals surface area contributed by atoms with E-state index in [9.17, 15) is 4.79 Å². The molecule has 1 rings (SSSR count). The van der Waals surface area contributed by atoms with Gasteiger partial charge in [0.1, 0.15) is 11.9 Å². The summed E-state index contributed by atoms with van der Waals surface area (Å²) in [6.45, 7) is 6.06. The van der Waals surface area contributed by atoms with Gasteiger partial charge in [0, 0.05) is 18.0 Å². The fourth-order valence-electron chi connectivity index (χ4n) is 1.48. The standard InChI is InChI=1S/C11H19N3O2S/c1-4-5-9-13-11(17-14-9)12-8(10(15)16)6-7(2)3/h7-8H,4-6H2,1-3H3,(H,15,16)(H,12,13,14)/t8-/m0/s1. The molecule has 17 heavy (non-hydrogen) atoms. The molecule has 0 unspecified atom stereocenters. The van der Waals surface area contributed by atoms with E-state index >= 15 is 0 Å². The van der Waals surface area contributed by atoms with Crippen molar-refractivity contribution in [2.45, 2.75) is 46.1 Å². The Hall–Kier alpha value is -1.17. The minimum absolute atomic E-state index is 0.326. The lowest BCUT2D eigenvalue weighted by atomic mass is 10.0. The van der Waals surface area contributed by atoms with Crippen LogP contribution in [0.2, 0.25) is 0 Å². The van der Waals surface area contributed by atoms with Crippen LogP contribution in [0.4, 0.5) is 5.13 Å². The second-order valence-corrected chi connectivity index (χ2v) is 5.18. The lowest BCUT2D eigenvalue weighted by Crippen LogP contribution is -2.30. The topological polar surface area (TPSA) is 75.1 Å². The highest BCUT2D eigenvalue weighted by Gasteiger charge is 2.20. The van der Waals surface area contributed by atoms with Crippen LogP contribution < -0.4 is 5.32 Å². The number of aryl methyl sites for hydroxylation is 1. The molecule has 2 N–H and O–H groups in total. The molecular weight excluding hydrogens is 238 g/mol. The van der Waals surface area contributed by atoms with Crippen LogP contribution >= 0.6 is 11.5 Å². The lowest BCUT2D eigenvalue weighted by Gasteiger charge is -2.15. The van der Waals surface area contributed by atoms with Crippen molar-refractivity contribution in [3.05, 3.63) is 5.82 Å². The van der Waals surface area contributed by atoms with Crippen LogP contribution in [-0.4, -0.2) is 26.5 Å². The minimum Gasteiger partial charge on any atom is -0.480 e. The smallest absolute Gasteiger partial charge is 0.326 e. The SMILES string of the molecule is CCCc1nsc(N[C@@H](CC(C)C)C(=O)O)n1. The first-order chi connectivity index (χ1) is 8.02. The number of rotatable bonds is 7. The van der Waals surface area contributed by atoms with E-state index in [0.29, 0.717) is 17.5 Å². The van der Waals surface area contributed by atoms with Crippen molar-refractivity contribution in [3.63, 3.8) is 0 Å². The average molecular weight is 257 g/mol. The van der Waals surface area contributed by atoms with Crippen molar-refractivity contribution in [1.29, 1.82) is 0 Å². The van der Waals surface area contributed by atoms with E-state index in [4.69, 9.17) is 5.11 Å². The Labute approximate surface area is 105 Å². The third-order valence-corrected chi connectivity index (χ3v) is 2.93. The van der Waals surface area contributed by atoms with Crippen molar-refractivity contribution in [2.75, 3.05) is 5.32 Å². The van der Waals surface area contributed by atoms with Crippen LogP contribution in [0.15, 0.2) is 0 Å². The molecule has 0 bridgehead atoms. The van der Waals surface area contributed by atoms with Gasteiger partial charge in [-0.3, -0.25) is 0 Å². The van der Waals surface area contributed by atoms with Gasteiger partial charge in [0.2, 0.25) is 5.13 Å². The van der Waals surface area contributed by atoms with Gasteiger partial charge in [-0.15, -0.1) is 0 Å². The van der Waals surface area contributed by atoms with E-state index in [1.54, 1.807) is 0 Å². The number of carboxylic acids is 1. The Morgan fingerprint density at radius 1 is 1.53 bits per heavy atom. The van der Waals surface area contributed by atoms with E-state index in [0.717, 1.165) is 18.7 Å². The summed E-state index contributed by atoms with van der Waals surface area (Å²) in [4.78, 5) is 15.3. The number of aromatic nitrogens is 2. The molecule has 1 atom stereocenters. The van der Waals surface area contributed by atoms with Crippen LogP contribution in [-0.2, 0) is 11.2 Å². The van der Waals surface area contributed by atoms with Crippen LogP contribution in [0.1, 0.15) is 39.4 Å². The summed E-state index contributed by atoms with van der Waals surface area (Å²) in [7, 11) is 0. The van der Waals surface area contributed by atoms with Gasteiger partial charge < -0.3 is 10.4 Å². The van der Waals surface area contributed by atoms with E-state index in [-0.39, 0.29) is 0 Å². The molecule has 1 aromatic rings. The van der Waals surface area contributed by atoms with E-state index in [1.165, 1.54) is 11.5 Å². The van der Waals surface area contributed by atoms with Gasteiger partial charge in [-0.1, -0.05) is 20.8 Å². The zero-order valence-electron chi connectivity index (χ0n) is 10.4. The maximum atomic E-state index is 11.1. The molecule has 0 aliphatic heterocycles. The molecule has 0 spiro atoms. The van der Waals surface area contributed by atoms with Gasteiger partial charge >= 0.3 is 5.97 Å². The summed E-state index contributed by atoms with van der Waals surface area (Å²) in [6, 6.07) is -0.586. The first-order valence-corrected chi connectivity index (χ1v) is 6.62. The highest BCUT2D eigenvalue weighted by molar-refractivity contribution is 7.09. The van der Waals surface area contributed by atoms with Crippen LogP contribution in [0.3, 0.4) is 0 Å². The zero-order chi connectivity index (χ0) is 12.8. The summed E-state index contributed by atoms with van der Waals surface area (Å²) >= 11 is 1.23. The summed E-state index contributed by atoms with van der Waals surface area (Å²) in [5.74, 6) is 0.270. The number of anilines is 1. The molecule has 0 saturated heterocycles. The number of nitrogens with zero attached hydrogens (tertiary/aromatic N) is 2. The maximum absolute atomic E-state index is 11.1. The zero-order valence-corrected chi connectivity index (χ0v) is 11.3. The lowest BCUT2D eigenvalue weighted by molar-refractivity contribution is -0.138. The predicted molar refractivity (Wildman–Crippen MR) is 68.4 cm³/mol. The molecule has 6 heteroatoms. The summed E-state index contributed by atoms with van der Waals surface area (Å²) in [6.07, 6.45) is 2.41. The molecular formula is C11H19N3O2S. The van der Waals surface area contributed by atoms with Gasteiger partial charge in [0.25, 0.3) is 0 Å². The Morgan fingerprint density at radius 2 is 2.24 bits per heavy atom. The third kappa shape index (κ3) is 4.68. The Bertz CT molecular complexity index is 365. The van der Waals surface area contributed by atoms with Crippen LogP contribution in [0.5, 0.6) is 0 Å². The normalized spacial score (nSPS) is 12.7. The maximum Gasteiger partial charge on any atom is 0.326 e. The van der Waals surface area contributed by atoms with Crippen LogP contribution in [0, 0.1) is 5.92 Å². The molecule has 5 nitrogen and oxygen atoms in total. The predicted octanol–water partition coefficient (Wildman–Crippen LogP) is 2.40. The number of aliphatic carboxylic acids is 1. The van der Waals surface area contributed by atoms with Gasteiger partial charge in [0.05, 0.1) is 0 Å². The van der Waals surface area contributed by atoms with Gasteiger partial charge in [-0.05, 0) is 18.8 Å². The number of hydrogen-bond acceptors (Lipinski definition) is 5. The molecule has 0 aliphatic rings. The highest BCUT2D eigenvalue weighted by Crippen LogP contribution is 2.16. The Morgan fingerprint density at radius 3 is 2.76 bits per heavy atom. The third-order valence-electron chi connectivity index (χ3n) is 2.24. The first kappa shape index (κ1) is 13.9.